The second-order valence-electron chi connectivity index (χ2n) is 9.52. The molecule has 0 fully saturated rings. The lowest BCUT2D eigenvalue weighted by Gasteiger charge is -2.33. The van der Waals surface area contributed by atoms with Crippen LogP contribution in [0.15, 0.2) is 24.5 Å². The number of aryl methyl sites for hydroxylation is 1. The molecule has 2 amide bonds. The highest BCUT2D eigenvalue weighted by atomic mass is 32.2. The summed E-state index contributed by atoms with van der Waals surface area (Å²) in [5.41, 5.74) is 0.0817. The van der Waals surface area contributed by atoms with Gasteiger partial charge in [-0.05, 0) is 41.9 Å². The summed E-state index contributed by atoms with van der Waals surface area (Å²) >= 11 is 0. The first-order valence-corrected chi connectivity index (χ1v) is 12.5. The first kappa shape index (κ1) is 28.5. The summed E-state index contributed by atoms with van der Waals surface area (Å²) in [6, 6.07) is 0.734. The standard InChI is InChI=1S/C22H36N4O6S/c1-14(2)13-16(19(27)25-18(20(28)23-6)22(3,4)5)17(21(29)30)26-33(31,32)12-9-15-7-10-24-11-8-15/h7-8,10-11,14,16-18,26H,9,12-13H2,1-6H3,(H,23,28)(H,25,27)(H,29,30)/t16-,17+,18-/m1/s1. The van der Waals surface area contributed by atoms with E-state index in [1.165, 1.54) is 19.4 Å². The van der Waals surface area contributed by atoms with Crippen LogP contribution in [0.1, 0.15) is 46.6 Å². The minimum absolute atomic E-state index is 0.1000. The van der Waals surface area contributed by atoms with E-state index in [-0.39, 0.29) is 24.5 Å². The van der Waals surface area contributed by atoms with Crippen molar-refractivity contribution in [3.05, 3.63) is 30.1 Å². The molecule has 0 radical (unpaired) electrons. The number of pyridine rings is 1. The van der Waals surface area contributed by atoms with Crippen molar-refractivity contribution < 1.29 is 27.9 Å². The summed E-state index contributed by atoms with van der Waals surface area (Å²) in [6.45, 7) is 8.90. The van der Waals surface area contributed by atoms with E-state index in [4.69, 9.17) is 0 Å². The van der Waals surface area contributed by atoms with Crippen molar-refractivity contribution in [3.8, 4) is 0 Å². The number of aliphatic carboxylic acids is 1. The van der Waals surface area contributed by atoms with Crippen LogP contribution in [0.5, 0.6) is 0 Å². The molecule has 0 aliphatic heterocycles. The molecule has 0 aliphatic carbocycles. The van der Waals surface area contributed by atoms with Crippen LogP contribution in [-0.4, -0.2) is 61.2 Å². The van der Waals surface area contributed by atoms with Gasteiger partial charge < -0.3 is 15.7 Å². The van der Waals surface area contributed by atoms with Crippen LogP contribution >= 0.6 is 0 Å². The van der Waals surface area contributed by atoms with E-state index in [0.29, 0.717) is 0 Å². The number of rotatable bonds is 12. The van der Waals surface area contributed by atoms with Crippen molar-refractivity contribution in [2.24, 2.45) is 17.3 Å². The van der Waals surface area contributed by atoms with Gasteiger partial charge in [-0.3, -0.25) is 19.4 Å². The fraction of sp³-hybridized carbons (Fsp3) is 0.636. The number of aromatic nitrogens is 1. The van der Waals surface area contributed by atoms with Crippen molar-refractivity contribution in [3.63, 3.8) is 0 Å². The Balaban J connectivity index is 3.14. The summed E-state index contributed by atoms with van der Waals surface area (Å²) in [7, 11) is -2.59. The second-order valence-corrected chi connectivity index (χ2v) is 11.4. The minimum atomic E-state index is -4.03. The molecule has 4 N–H and O–H groups in total. The van der Waals surface area contributed by atoms with Crippen LogP contribution in [-0.2, 0) is 30.8 Å². The topological polar surface area (TPSA) is 155 Å². The molecule has 0 bridgehead atoms. The van der Waals surface area contributed by atoms with Gasteiger partial charge in [-0.25, -0.2) is 13.1 Å². The average molecular weight is 485 g/mol. The average Bonchev–Trinajstić information content (AvgIpc) is 2.72. The highest BCUT2D eigenvalue weighted by molar-refractivity contribution is 7.89. The van der Waals surface area contributed by atoms with E-state index in [1.54, 1.807) is 46.8 Å². The van der Waals surface area contributed by atoms with Gasteiger partial charge in [0, 0.05) is 19.4 Å². The number of hydrogen-bond acceptors (Lipinski definition) is 6. The van der Waals surface area contributed by atoms with Gasteiger partial charge in [0.25, 0.3) is 0 Å². The number of carbonyl (C=O) groups excluding carboxylic acids is 2. The zero-order valence-corrected chi connectivity index (χ0v) is 20.9. The molecule has 1 heterocycles. The molecule has 0 saturated heterocycles. The Morgan fingerprint density at radius 2 is 1.67 bits per heavy atom. The molecular formula is C22H36N4O6S. The van der Waals surface area contributed by atoms with Gasteiger partial charge in [0.05, 0.1) is 11.7 Å². The molecule has 186 valence electrons. The molecule has 1 rings (SSSR count). The van der Waals surface area contributed by atoms with Crippen molar-refractivity contribution >= 4 is 27.8 Å². The van der Waals surface area contributed by atoms with E-state index >= 15 is 0 Å². The van der Waals surface area contributed by atoms with Crippen molar-refractivity contribution in [2.45, 2.75) is 59.5 Å². The number of nitrogens with one attached hydrogen (secondary N) is 3. The SMILES string of the molecule is CNC(=O)[C@@H](NC(=O)[C@H](CC(C)C)[C@H](NS(=O)(=O)CCc1ccncc1)C(=O)O)C(C)(C)C. The van der Waals surface area contributed by atoms with Gasteiger partial charge in [-0.15, -0.1) is 0 Å². The third kappa shape index (κ3) is 9.47. The Bertz CT molecular complexity index is 913. The maximum Gasteiger partial charge on any atom is 0.322 e. The molecule has 11 heteroatoms. The third-order valence-corrected chi connectivity index (χ3v) is 6.46. The van der Waals surface area contributed by atoms with Gasteiger partial charge in [0.2, 0.25) is 21.8 Å². The molecule has 33 heavy (non-hydrogen) atoms. The van der Waals surface area contributed by atoms with E-state index in [1.807, 2.05) is 0 Å². The Hall–Kier alpha value is -2.53. The largest absolute Gasteiger partial charge is 0.480 e. The normalized spacial score (nSPS) is 14.9. The molecular weight excluding hydrogens is 448 g/mol. The monoisotopic (exact) mass is 484 g/mol. The quantitative estimate of drug-likeness (QED) is 0.344. The molecule has 0 unspecified atom stereocenters. The lowest BCUT2D eigenvalue weighted by molar-refractivity contribution is -0.144. The van der Waals surface area contributed by atoms with Gasteiger partial charge in [0.1, 0.15) is 12.1 Å². The van der Waals surface area contributed by atoms with E-state index in [9.17, 15) is 27.9 Å². The van der Waals surface area contributed by atoms with Crippen LogP contribution in [0.4, 0.5) is 0 Å². The molecule has 3 atom stereocenters. The number of hydrogen-bond donors (Lipinski definition) is 4. The number of carbonyl (C=O) groups is 3. The lowest BCUT2D eigenvalue weighted by atomic mass is 9.84. The van der Waals surface area contributed by atoms with Crippen molar-refractivity contribution in [2.75, 3.05) is 12.8 Å². The zero-order chi connectivity index (χ0) is 25.4. The maximum atomic E-state index is 13.2. The van der Waals surface area contributed by atoms with Gasteiger partial charge in [-0.2, -0.15) is 0 Å². The van der Waals surface area contributed by atoms with Crippen LogP contribution in [0, 0.1) is 17.3 Å². The van der Waals surface area contributed by atoms with Crippen LogP contribution in [0.3, 0.4) is 0 Å². The van der Waals surface area contributed by atoms with Crippen LogP contribution < -0.4 is 15.4 Å². The summed E-state index contributed by atoms with van der Waals surface area (Å²) in [5, 5.41) is 14.9. The van der Waals surface area contributed by atoms with Crippen LogP contribution in [0.25, 0.3) is 0 Å². The highest BCUT2D eigenvalue weighted by Gasteiger charge is 2.40. The summed E-state index contributed by atoms with van der Waals surface area (Å²) < 4.78 is 27.6. The smallest absolute Gasteiger partial charge is 0.322 e. The summed E-state index contributed by atoms with van der Waals surface area (Å²) in [5.74, 6) is -4.25. The first-order chi connectivity index (χ1) is 15.2. The number of amides is 2. The maximum absolute atomic E-state index is 13.2. The molecule has 0 aliphatic rings. The van der Waals surface area contributed by atoms with Gasteiger partial charge in [-0.1, -0.05) is 34.6 Å². The zero-order valence-electron chi connectivity index (χ0n) is 20.1. The number of carboxylic acid groups (broad SMARTS) is 1. The molecule has 0 spiro atoms. The number of sulfonamides is 1. The van der Waals surface area contributed by atoms with Crippen molar-refractivity contribution in [1.29, 1.82) is 0 Å². The Morgan fingerprint density at radius 3 is 2.12 bits per heavy atom. The number of likely N-dealkylation sites (N-methyl/N-ethyl adjacent to an activating group) is 1. The van der Waals surface area contributed by atoms with E-state index in [0.717, 1.165) is 5.56 Å². The predicted molar refractivity (Wildman–Crippen MR) is 125 cm³/mol. The molecule has 1 aromatic rings. The first-order valence-electron chi connectivity index (χ1n) is 10.8. The van der Waals surface area contributed by atoms with E-state index in [2.05, 4.69) is 20.3 Å². The fourth-order valence-electron chi connectivity index (χ4n) is 3.33. The van der Waals surface area contributed by atoms with Crippen LogP contribution in [0.2, 0.25) is 0 Å². The van der Waals surface area contributed by atoms with Gasteiger partial charge >= 0.3 is 5.97 Å². The molecule has 0 saturated carbocycles. The Morgan fingerprint density at radius 1 is 1.09 bits per heavy atom. The van der Waals surface area contributed by atoms with Crippen molar-refractivity contribution in [1.82, 2.24) is 20.3 Å². The highest BCUT2D eigenvalue weighted by Crippen LogP contribution is 2.23. The molecule has 10 nitrogen and oxygen atoms in total. The molecule has 0 aromatic carbocycles. The number of nitrogens with zero attached hydrogens (tertiary/aromatic N) is 1. The fourth-order valence-corrected chi connectivity index (χ4v) is 4.60. The molecule has 1 aromatic heterocycles. The number of carboxylic acids is 1. The summed E-state index contributed by atoms with van der Waals surface area (Å²) in [6.07, 6.45) is 3.35. The predicted octanol–water partition coefficient (Wildman–Crippen LogP) is 0.936. The Kier molecular flexibility index (Phi) is 10.4. The second kappa shape index (κ2) is 12.1. The lowest BCUT2D eigenvalue weighted by Crippen LogP contribution is -2.58. The van der Waals surface area contributed by atoms with E-state index < -0.39 is 51.2 Å². The van der Waals surface area contributed by atoms with Gasteiger partial charge in [0.15, 0.2) is 0 Å². The minimum Gasteiger partial charge on any atom is -0.480 e. The third-order valence-electron chi connectivity index (χ3n) is 5.11. The summed E-state index contributed by atoms with van der Waals surface area (Å²) in [4.78, 5) is 41.4. The Labute approximate surface area is 196 Å².